The second kappa shape index (κ2) is 6.85. The Bertz CT molecular complexity index is 641. The number of hydrogen-bond acceptors (Lipinski definition) is 5. The van der Waals surface area contributed by atoms with E-state index in [0.717, 1.165) is 6.42 Å². The maximum atomic E-state index is 11.6. The number of nitrogens with zero attached hydrogens (tertiary/aromatic N) is 1. The molecule has 0 atom stereocenters. The molecule has 0 bridgehead atoms. The van der Waals surface area contributed by atoms with Crippen LogP contribution in [0.4, 0.5) is 11.4 Å². The molecule has 7 heteroatoms. The van der Waals surface area contributed by atoms with Crippen molar-refractivity contribution >= 4 is 28.6 Å². The van der Waals surface area contributed by atoms with E-state index in [2.05, 4.69) is 10.6 Å². The highest BCUT2D eigenvalue weighted by atomic mass is 32.1. The quantitative estimate of drug-likeness (QED) is 0.635. The molecule has 2 N–H and O–H groups in total. The number of thiophene rings is 1. The van der Waals surface area contributed by atoms with Gasteiger partial charge >= 0.3 is 0 Å². The monoisotopic (exact) mass is 305 g/mol. The van der Waals surface area contributed by atoms with Crippen molar-refractivity contribution in [2.24, 2.45) is 0 Å². The molecular weight excluding hydrogens is 290 g/mol. The molecule has 0 saturated heterocycles. The van der Waals surface area contributed by atoms with Crippen LogP contribution in [0, 0.1) is 10.1 Å². The first-order chi connectivity index (χ1) is 10.1. The molecule has 1 aromatic carbocycles. The summed E-state index contributed by atoms with van der Waals surface area (Å²) < 4.78 is 0. The molecule has 110 valence electrons. The van der Waals surface area contributed by atoms with Gasteiger partial charge in [-0.3, -0.25) is 14.9 Å². The number of anilines is 1. The van der Waals surface area contributed by atoms with Crippen LogP contribution in [0.1, 0.15) is 15.2 Å². The number of carbonyl (C=O) groups is 1. The Kier molecular flexibility index (Phi) is 4.89. The van der Waals surface area contributed by atoms with Gasteiger partial charge in [-0.1, -0.05) is 6.07 Å². The van der Waals surface area contributed by atoms with Gasteiger partial charge in [0, 0.05) is 30.1 Å². The molecule has 6 nitrogen and oxygen atoms in total. The van der Waals surface area contributed by atoms with E-state index in [1.54, 1.807) is 11.3 Å². The fourth-order valence-corrected chi connectivity index (χ4v) is 2.61. The third kappa shape index (κ3) is 3.79. The molecule has 0 aliphatic carbocycles. The molecule has 1 heterocycles. The average Bonchev–Trinajstić information content (AvgIpc) is 2.99. The summed E-state index contributed by atoms with van der Waals surface area (Å²) in [5.41, 5.74) is 0.716. The zero-order valence-corrected chi connectivity index (χ0v) is 12.3. The van der Waals surface area contributed by atoms with Crippen LogP contribution in [0.3, 0.4) is 0 Å². The summed E-state index contributed by atoms with van der Waals surface area (Å²) in [5.74, 6) is -0.272. The fourth-order valence-electron chi connectivity index (χ4n) is 1.90. The lowest BCUT2D eigenvalue weighted by atomic mass is 10.1. The van der Waals surface area contributed by atoms with Crippen molar-refractivity contribution in [3.63, 3.8) is 0 Å². The minimum atomic E-state index is -0.457. The minimum Gasteiger partial charge on any atom is -0.379 e. The Balaban J connectivity index is 2.14. The molecular formula is C14H15N3O3S. The number of hydrogen-bond donors (Lipinski definition) is 2. The van der Waals surface area contributed by atoms with Crippen LogP contribution < -0.4 is 10.6 Å². The number of carbonyl (C=O) groups excluding carboxylic acids is 1. The summed E-state index contributed by atoms with van der Waals surface area (Å²) in [6, 6.07) is 8.28. The van der Waals surface area contributed by atoms with E-state index >= 15 is 0 Å². The van der Waals surface area contributed by atoms with E-state index in [0.29, 0.717) is 17.8 Å². The molecule has 0 fully saturated rings. The van der Waals surface area contributed by atoms with Crippen molar-refractivity contribution in [3.8, 4) is 0 Å². The predicted octanol–water partition coefficient (Wildman–Crippen LogP) is 2.67. The maximum absolute atomic E-state index is 11.6. The first-order valence-corrected chi connectivity index (χ1v) is 7.26. The van der Waals surface area contributed by atoms with Gasteiger partial charge in [-0.15, -0.1) is 11.3 Å². The van der Waals surface area contributed by atoms with Crippen LogP contribution in [0.25, 0.3) is 0 Å². The highest BCUT2D eigenvalue weighted by Crippen LogP contribution is 2.25. The minimum absolute atomic E-state index is 0.0335. The third-order valence-electron chi connectivity index (χ3n) is 2.95. The molecule has 2 rings (SSSR count). The highest BCUT2D eigenvalue weighted by molar-refractivity contribution is 7.09. The second-order valence-electron chi connectivity index (χ2n) is 4.32. The second-order valence-corrected chi connectivity index (χ2v) is 5.36. The summed E-state index contributed by atoms with van der Waals surface area (Å²) >= 11 is 1.64. The summed E-state index contributed by atoms with van der Waals surface area (Å²) in [6.45, 7) is 0.568. The largest absolute Gasteiger partial charge is 0.379 e. The van der Waals surface area contributed by atoms with Gasteiger partial charge in [0.15, 0.2) is 0 Å². The molecule has 0 aliphatic heterocycles. The lowest BCUT2D eigenvalue weighted by Gasteiger charge is -2.08. The molecule has 1 aromatic heterocycles. The lowest BCUT2D eigenvalue weighted by molar-refractivity contribution is -0.384. The van der Waals surface area contributed by atoms with Crippen LogP contribution in [-0.4, -0.2) is 24.4 Å². The van der Waals surface area contributed by atoms with Crippen molar-refractivity contribution in [1.29, 1.82) is 0 Å². The molecule has 0 spiro atoms. The van der Waals surface area contributed by atoms with Gasteiger partial charge in [-0.25, -0.2) is 0 Å². The first-order valence-electron chi connectivity index (χ1n) is 6.38. The number of nitro benzene ring substituents is 1. The molecule has 21 heavy (non-hydrogen) atoms. The number of benzene rings is 1. The Morgan fingerprint density at radius 1 is 1.38 bits per heavy atom. The van der Waals surface area contributed by atoms with E-state index in [-0.39, 0.29) is 11.6 Å². The molecule has 2 aromatic rings. The Morgan fingerprint density at radius 2 is 2.19 bits per heavy atom. The van der Waals surface area contributed by atoms with Crippen LogP contribution in [0.15, 0.2) is 35.7 Å². The SMILES string of the molecule is CNC(=O)c1ccc([N+](=O)[O-])c(NCCc2cccs2)c1. The Morgan fingerprint density at radius 3 is 2.81 bits per heavy atom. The van der Waals surface area contributed by atoms with Crippen molar-refractivity contribution in [1.82, 2.24) is 5.32 Å². The summed E-state index contributed by atoms with van der Waals surface area (Å²) in [7, 11) is 1.52. The van der Waals surface area contributed by atoms with Gasteiger partial charge in [0.1, 0.15) is 5.69 Å². The van der Waals surface area contributed by atoms with Crippen LogP contribution >= 0.6 is 11.3 Å². The van der Waals surface area contributed by atoms with Crippen molar-refractivity contribution in [3.05, 3.63) is 56.3 Å². The summed E-state index contributed by atoms with van der Waals surface area (Å²) in [6.07, 6.45) is 0.777. The van der Waals surface area contributed by atoms with Crippen molar-refractivity contribution < 1.29 is 9.72 Å². The topological polar surface area (TPSA) is 84.3 Å². The average molecular weight is 305 g/mol. The smallest absolute Gasteiger partial charge is 0.292 e. The molecule has 0 unspecified atom stereocenters. The lowest BCUT2D eigenvalue weighted by Crippen LogP contribution is -2.18. The van der Waals surface area contributed by atoms with E-state index in [1.165, 1.54) is 30.1 Å². The molecule has 0 saturated carbocycles. The summed E-state index contributed by atoms with van der Waals surface area (Å²) in [4.78, 5) is 23.4. The maximum Gasteiger partial charge on any atom is 0.292 e. The first kappa shape index (κ1) is 15.0. The van der Waals surface area contributed by atoms with Gasteiger partial charge in [-0.05, 0) is 30.0 Å². The fraction of sp³-hybridized carbons (Fsp3) is 0.214. The van der Waals surface area contributed by atoms with Gasteiger partial charge in [0.25, 0.3) is 11.6 Å². The predicted molar refractivity (Wildman–Crippen MR) is 83.0 cm³/mol. The zero-order valence-electron chi connectivity index (χ0n) is 11.5. The number of nitro groups is 1. The zero-order chi connectivity index (χ0) is 15.2. The van der Waals surface area contributed by atoms with Gasteiger partial charge in [0.05, 0.1) is 4.92 Å². The van der Waals surface area contributed by atoms with E-state index in [9.17, 15) is 14.9 Å². The Hall–Kier alpha value is -2.41. The normalized spacial score (nSPS) is 10.1. The van der Waals surface area contributed by atoms with Gasteiger partial charge in [0.2, 0.25) is 0 Å². The number of rotatable bonds is 6. The van der Waals surface area contributed by atoms with Crippen LogP contribution in [-0.2, 0) is 6.42 Å². The Labute approximate surface area is 126 Å². The standard InChI is InChI=1S/C14H15N3O3S/c1-15-14(18)10-4-5-13(17(19)20)12(9-10)16-7-6-11-3-2-8-21-11/h2-5,8-9,16H,6-7H2,1H3,(H,15,18). The van der Waals surface area contributed by atoms with Crippen molar-refractivity contribution in [2.75, 3.05) is 18.9 Å². The van der Waals surface area contributed by atoms with E-state index < -0.39 is 4.92 Å². The van der Waals surface area contributed by atoms with Gasteiger partial charge < -0.3 is 10.6 Å². The van der Waals surface area contributed by atoms with Crippen LogP contribution in [0.2, 0.25) is 0 Å². The van der Waals surface area contributed by atoms with Crippen molar-refractivity contribution in [2.45, 2.75) is 6.42 Å². The molecule has 0 aliphatic rings. The van der Waals surface area contributed by atoms with E-state index in [4.69, 9.17) is 0 Å². The molecule has 1 amide bonds. The molecule has 0 radical (unpaired) electrons. The van der Waals surface area contributed by atoms with Crippen LogP contribution in [0.5, 0.6) is 0 Å². The number of nitrogens with one attached hydrogen (secondary N) is 2. The van der Waals surface area contributed by atoms with E-state index in [1.807, 2.05) is 17.5 Å². The third-order valence-corrected chi connectivity index (χ3v) is 3.89. The van der Waals surface area contributed by atoms with Gasteiger partial charge in [-0.2, -0.15) is 0 Å². The highest BCUT2D eigenvalue weighted by Gasteiger charge is 2.16. The summed E-state index contributed by atoms with van der Waals surface area (Å²) in [5, 5.41) is 18.6. The number of amides is 1.